The van der Waals surface area contributed by atoms with E-state index in [0.717, 1.165) is 0 Å². The van der Waals surface area contributed by atoms with Gasteiger partial charge < -0.3 is 0 Å². The van der Waals surface area contributed by atoms with E-state index in [1.54, 1.807) is 0 Å². The SMILES string of the molecule is C[PH](C)(C)[W]([Cl])([CH]=O)([PH](C)(C)C)[PH](C)(C)C. The molecule has 105 valence electrons. The summed E-state index contributed by atoms with van der Waals surface area (Å²) in [6, 6.07) is 0. The molecule has 0 aromatic heterocycles. The molecule has 0 atom stereocenters. The van der Waals surface area contributed by atoms with Crippen molar-refractivity contribution in [2.75, 3.05) is 60.0 Å². The monoisotopic (exact) mass is 479 g/mol. The first kappa shape index (κ1) is 17.9. The van der Waals surface area contributed by atoms with Crippen molar-refractivity contribution < 1.29 is 17.0 Å². The summed E-state index contributed by atoms with van der Waals surface area (Å²) in [7, 11) is 7.44. The van der Waals surface area contributed by atoms with Crippen LogP contribution in [-0.2, 0) is 17.0 Å². The Morgan fingerprint density at radius 3 is 0.938 bits per heavy atom. The van der Waals surface area contributed by atoms with Crippen molar-refractivity contribution in [2.45, 2.75) is 0 Å². The van der Waals surface area contributed by atoms with Crippen molar-refractivity contribution in [3.05, 3.63) is 0 Å². The predicted octanol–water partition coefficient (Wildman–Crippen LogP) is 3.68. The Labute approximate surface area is 107 Å². The summed E-state index contributed by atoms with van der Waals surface area (Å²) in [5, 5.41) is -4.81. The number of hydrogen-bond donors (Lipinski definition) is 0. The Bertz CT molecular complexity index is 260. The Morgan fingerprint density at radius 2 is 0.938 bits per heavy atom. The van der Waals surface area contributed by atoms with Gasteiger partial charge in [0, 0.05) is 0 Å². The van der Waals surface area contributed by atoms with Crippen molar-refractivity contribution in [3.8, 4) is 0 Å². The van der Waals surface area contributed by atoms with Crippen LogP contribution in [0.5, 0.6) is 0 Å². The average molecular weight is 480 g/mol. The number of rotatable bonds is 4. The maximum absolute atomic E-state index is 12.2. The molecule has 0 aromatic carbocycles. The van der Waals surface area contributed by atoms with Crippen molar-refractivity contribution in [1.29, 1.82) is 0 Å². The third-order valence-corrected chi connectivity index (χ3v) is 217. The second-order valence-electron chi connectivity index (χ2n) is 7.41. The van der Waals surface area contributed by atoms with Crippen LogP contribution < -0.4 is 0 Å². The zero-order chi connectivity index (χ0) is 13.7. The van der Waals surface area contributed by atoms with Crippen LogP contribution in [0.15, 0.2) is 0 Å². The molecule has 0 aliphatic rings. The zero-order valence-corrected chi connectivity index (χ0v) is 19.0. The molecule has 1 nitrogen and oxygen atoms in total. The summed E-state index contributed by atoms with van der Waals surface area (Å²) >= 11 is -3.71. The standard InChI is InChI=1S/3C3H9P.CHO.ClH.W/c3*1-4(2)3;1-2;;/h3*1-3H3;1H;1H;/q;;;;;-2/p+2. The van der Waals surface area contributed by atoms with Crippen LogP contribution in [0.4, 0.5) is 0 Å². The number of carbonyl (C=O) groups is 1. The second-order valence-corrected chi connectivity index (χ2v) is 110. The van der Waals surface area contributed by atoms with Crippen molar-refractivity contribution in [2.24, 2.45) is 0 Å². The fourth-order valence-corrected chi connectivity index (χ4v) is 214. The molecule has 0 radical (unpaired) electrons. The molecule has 6 heteroatoms. The molecule has 0 aromatic rings. The first-order valence-electron chi connectivity index (χ1n) is 5.74. The van der Waals surface area contributed by atoms with Gasteiger partial charge in [0.1, 0.15) is 0 Å². The normalized spacial score (nSPS) is 20.8. The topological polar surface area (TPSA) is 17.1 Å². The molecular weight excluding hydrogens is 448 g/mol. The van der Waals surface area contributed by atoms with E-state index in [-0.39, 0.29) is 0 Å². The second kappa shape index (κ2) is 4.50. The van der Waals surface area contributed by atoms with E-state index in [0.29, 0.717) is 0 Å². The fourth-order valence-electron chi connectivity index (χ4n) is 3.19. The quantitative estimate of drug-likeness (QED) is 0.444. The van der Waals surface area contributed by atoms with Crippen molar-refractivity contribution in [1.82, 2.24) is 0 Å². The fraction of sp³-hybridized carbons (Fsp3) is 0.900. The third kappa shape index (κ3) is 2.02. The molecule has 0 bridgehead atoms. The molecule has 0 spiro atoms. The van der Waals surface area contributed by atoms with Gasteiger partial charge in [0.15, 0.2) is 0 Å². The number of carbonyl (C=O) groups excluding carboxylic acids is 1. The summed E-state index contributed by atoms with van der Waals surface area (Å²) in [6.45, 7) is 21.1. The van der Waals surface area contributed by atoms with Crippen LogP contribution in [0.25, 0.3) is 0 Å². The molecule has 0 unspecified atom stereocenters. The number of hydrogen-bond acceptors (Lipinski definition) is 1. The Morgan fingerprint density at radius 1 is 0.750 bits per heavy atom. The average Bonchev–Trinajstić information content (AvgIpc) is 1.95. The maximum atomic E-state index is 12.2. The summed E-state index contributed by atoms with van der Waals surface area (Å²) in [6.07, 6.45) is 0. The van der Waals surface area contributed by atoms with Crippen LogP contribution in [0.1, 0.15) is 0 Å². The van der Waals surface area contributed by atoms with Gasteiger partial charge in [0.2, 0.25) is 0 Å². The number of halogens is 1. The molecule has 0 fully saturated rings. The van der Waals surface area contributed by atoms with Gasteiger partial charge in [-0.1, -0.05) is 0 Å². The molecule has 0 aliphatic heterocycles. The van der Waals surface area contributed by atoms with Crippen molar-refractivity contribution in [3.63, 3.8) is 0 Å². The van der Waals surface area contributed by atoms with Crippen LogP contribution >= 0.6 is 25.5 Å². The van der Waals surface area contributed by atoms with E-state index >= 15 is 0 Å². The van der Waals surface area contributed by atoms with Crippen molar-refractivity contribution >= 4 is 30.2 Å². The van der Waals surface area contributed by atoms with E-state index in [1.165, 1.54) is 4.68 Å². The predicted molar refractivity (Wildman–Crippen MR) is 90.9 cm³/mol. The molecule has 0 heterocycles. The van der Waals surface area contributed by atoms with Gasteiger partial charge >= 0.3 is 107 Å². The summed E-state index contributed by atoms with van der Waals surface area (Å²) in [5.41, 5.74) is 0. The molecule has 0 saturated carbocycles. The van der Waals surface area contributed by atoms with E-state index in [2.05, 4.69) is 60.0 Å². The zero-order valence-electron chi connectivity index (χ0n) is 12.3. The van der Waals surface area contributed by atoms with Gasteiger partial charge in [0.25, 0.3) is 0 Å². The molecule has 16 heavy (non-hydrogen) atoms. The van der Waals surface area contributed by atoms with Gasteiger partial charge in [-0.2, -0.15) is 0 Å². The van der Waals surface area contributed by atoms with E-state index < -0.39 is 28.3 Å². The molecule has 0 saturated heterocycles. The minimum absolute atomic E-state index is 1.37. The van der Waals surface area contributed by atoms with Crippen LogP contribution in [0, 0.1) is 0 Å². The van der Waals surface area contributed by atoms with Gasteiger partial charge in [-0.3, -0.25) is 0 Å². The summed E-state index contributed by atoms with van der Waals surface area (Å²) < 4.78 is 1.37. The van der Waals surface area contributed by atoms with E-state index in [9.17, 15) is 4.79 Å². The Balaban J connectivity index is 6.43. The first-order valence-corrected chi connectivity index (χ1v) is 34.5. The van der Waals surface area contributed by atoms with Gasteiger partial charge in [-0.25, -0.2) is 0 Å². The summed E-state index contributed by atoms with van der Waals surface area (Å²) in [5.74, 6) is 0. The van der Waals surface area contributed by atoms with E-state index in [1.807, 2.05) is 0 Å². The minimum atomic E-state index is -3.71. The van der Waals surface area contributed by atoms with Crippen LogP contribution in [0.3, 0.4) is 0 Å². The van der Waals surface area contributed by atoms with E-state index in [4.69, 9.17) is 9.42 Å². The van der Waals surface area contributed by atoms with Gasteiger partial charge in [0.05, 0.1) is 0 Å². The molecular formula is C10H31ClOP3W. The Kier molecular flexibility index (Phi) is 5.04. The van der Waals surface area contributed by atoms with Gasteiger partial charge in [-0.05, 0) is 0 Å². The first-order chi connectivity index (χ1) is 6.64. The Hall–Kier alpha value is 1.94. The molecule has 0 N–H and O–H groups in total. The molecule has 0 amide bonds. The molecule has 0 aliphatic carbocycles. The molecule has 0 rings (SSSR count). The van der Waals surface area contributed by atoms with Gasteiger partial charge in [-0.15, -0.1) is 0 Å². The third-order valence-electron chi connectivity index (χ3n) is 3.77. The van der Waals surface area contributed by atoms with Crippen LogP contribution in [-0.4, -0.2) is 64.7 Å². The van der Waals surface area contributed by atoms with Crippen LogP contribution in [0.2, 0.25) is 0 Å². The summed E-state index contributed by atoms with van der Waals surface area (Å²) in [4.78, 5) is 12.2.